The number of hydrogen-bond donors (Lipinski definition) is 2. The monoisotopic (exact) mass is 503 g/mol. The quantitative estimate of drug-likeness (QED) is 0.123. The molecule has 3 N–H and O–H groups in total. The molecule has 36 heavy (non-hydrogen) atoms. The molecule has 2 aromatic heterocycles. The first-order valence-corrected chi connectivity index (χ1v) is 13.0. The number of aliphatic hydroxyl groups is 1. The highest BCUT2D eigenvalue weighted by Crippen LogP contribution is 2.42. The predicted octanol–water partition coefficient (Wildman–Crippen LogP) is 7.49. The van der Waals surface area contributed by atoms with Crippen LogP contribution >= 0.6 is 11.8 Å². The maximum Gasteiger partial charge on any atom is 0.160 e. The molecule has 5 nitrogen and oxygen atoms in total. The van der Waals surface area contributed by atoms with E-state index in [4.69, 9.17) is 25.5 Å². The van der Waals surface area contributed by atoms with Gasteiger partial charge >= 0.3 is 0 Å². The zero-order valence-electron chi connectivity index (χ0n) is 22.3. The number of para-hydroxylation sites is 1. The Morgan fingerprint density at radius 2 is 1.75 bits per heavy atom. The van der Waals surface area contributed by atoms with Crippen molar-refractivity contribution < 1.29 is 9.84 Å². The number of nitrogen functional groups attached to an aromatic ring is 1. The van der Waals surface area contributed by atoms with Gasteiger partial charge in [-0.3, -0.25) is 0 Å². The number of aliphatic hydroxyl groups excluding tert-OH is 1. The van der Waals surface area contributed by atoms with Crippen LogP contribution in [0.25, 0.3) is 33.1 Å². The number of thioether (sulfide) groups is 1. The summed E-state index contributed by atoms with van der Waals surface area (Å²) in [6.07, 6.45) is 1.54. The minimum atomic E-state index is -0.348. The number of rotatable bonds is 6. The van der Waals surface area contributed by atoms with Crippen molar-refractivity contribution in [2.75, 3.05) is 12.8 Å². The Morgan fingerprint density at radius 3 is 2.39 bits per heavy atom. The van der Waals surface area contributed by atoms with Crippen LogP contribution in [0.5, 0.6) is 0 Å². The van der Waals surface area contributed by atoms with E-state index in [9.17, 15) is 0 Å². The van der Waals surface area contributed by atoms with Gasteiger partial charge in [0.25, 0.3) is 0 Å². The number of anilines is 1. The summed E-state index contributed by atoms with van der Waals surface area (Å²) >= 11 is 1.77. The number of nitrogens with two attached hydrogens (primary N) is 1. The Kier molecular flexibility index (Phi) is 8.77. The van der Waals surface area contributed by atoms with Gasteiger partial charge in [0, 0.05) is 50.5 Å². The maximum absolute atomic E-state index is 7.00. The molecule has 0 spiro atoms. The van der Waals surface area contributed by atoms with E-state index in [0.29, 0.717) is 5.25 Å². The van der Waals surface area contributed by atoms with Gasteiger partial charge in [0.15, 0.2) is 5.65 Å². The molecule has 0 saturated carbocycles. The van der Waals surface area contributed by atoms with Gasteiger partial charge in [0.1, 0.15) is 6.10 Å². The number of benzene rings is 2. The molecule has 2 aromatic carbocycles. The second-order valence-electron chi connectivity index (χ2n) is 9.84. The highest BCUT2D eigenvalue weighted by Gasteiger charge is 2.26. The molecule has 6 heteroatoms. The summed E-state index contributed by atoms with van der Waals surface area (Å²) in [7, 11) is 1.00. The molecule has 190 valence electrons. The molecule has 0 aliphatic carbocycles. The standard InChI is InChI=1S/C29H33N3OS.CH4O/c1-8-24(33-29(5,6)7)26-18(4)31-28-21(15-19-11-9-10-12-23(19)32-28)27(26)20-13-14-22(30)25(16-20)34-17(2)3;1-2/h8-17,24H,1,30H2,2-7H3;2H,1H3. The van der Waals surface area contributed by atoms with Crippen molar-refractivity contribution in [3.8, 4) is 11.1 Å². The van der Waals surface area contributed by atoms with Gasteiger partial charge < -0.3 is 15.6 Å². The van der Waals surface area contributed by atoms with E-state index in [-0.39, 0.29) is 11.7 Å². The Morgan fingerprint density at radius 1 is 1.06 bits per heavy atom. The molecule has 1 unspecified atom stereocenters. The van der Waals surface area contributed by atoms with Crippen LogP contribution in [0, 0.1) is 6.92 Å². The van der Waals surface area contributed by atoms with Gasteiger partial charge in [-0.15, -0.1) is 18.3 Å². The number of ether oxygens (including phenoxy) is 1. The van der Waals surface area contributed by atoms with Crippen molar-refractivity contribution in [1.29, 1.82) is 0 Å². The van der Waals surface area contributed by atoms with Crippen LogP contribution in [-0.2, 0) is 4.74 Å². The van der Waals surface area contributed by atoms with Gasteiger partial charge in [-0.2, -0.15) is 0 Å². The van der Waals surface area contributed by atoms with E-state index in [1.165, 1.54) is 0 Å². The van der Waals surface area contributed by atoms with E-state index in [0.717, 1.165) is 62.0 Å². The second-order valence-corrected chi connectivity index (χ2v) is 11.5. The fraction of sp³-hybridized carbons (Fsp3) is 0.333. The number of nitrogens with zero attached hydrogens (tertiary/aromatic N) is 2. The molecular formula is C30H37N3O2S. The number of aromatic nitrogens is 2. The number of pyridine rings is 2. The lowest BCUT2D eigenvalue weighted by atomic mass is 9.91. The van der Waals surface area contributed by atoms with E-state index >= 15 is 0 Å². The first-order chi connectivity index (χ1) is 17.1. The molecule has 4 rings (SSSR count). The van der Waals surface area contributed by atoms with E-state index < -0.39 is 0 Å². The highest BCUT2D eigenvalue weighted by atomic mass is 32.2. The van der Waals surface area contributed by atoms with Gasteiger partial charge in [-0.05, 0) is 57.5 Å². The zero-order chi connectivity index (χ0) is 26.6. The molecule has 0 aliphatic heterocycles. The summed E-state index contributed by atoms with van der Waals surface area (Å²) in [6, 6.07) is 16.6. The maximum atomic E-state index is 7.00. The summed E-state index contributed by atoms with van der Waals surface area (Å²) < 4.78 is 6.46. The van der Waals surface area contributed by atoms with Crippen LogP contribution in [0.1, 0.15) is 52.0 Å². The van der Waals surface area contributed by atoms with Crippen LogP contribution in [0.2, 0.25) is 0 Å². The minimum absolute atomic E-state index is 0.322. The predicted molar refractivity (Wildman–Crippen MR) is 155 cm³/mol. The molecule has 0 radical (unpaired) electrons. The Bertz CT molecular complexity index is 1380. The van der Waals surface area contributed by atoms with Crippen molar-refractivity contribution >= 4 is 39.4 Å². The van der Waals surface area contributed by atoms with Crippen molar-refractivity contribution in [2.24, 2.45) is 0 Å². The smallest absolute Gasteiger partial charge is 0.160 e. The summed E-state index contributed by atoms with van der Waals surface area (Å²) in [5, 5.41) is 9.49. The average Bonchev–Trinajstić information content (AvgIpc) is 2.82. The summed E-state index contributed by atoms with van der Waals surface area (Å²) in [6.45, 7) is 16.7. The lowest BCUT2D eigenvalue weighted by Gasteiger charge is -2.29. The van der Waals surface area contributed by atoms with Crippen LogP contribution in [-0.4, -0.2) is 33.0 Å². The van der Waals surface area contributed by atoms with Crippen molar-refractivity contribution in [2.45, 2.75) is 63.4 Å². The van der Waals surface area contributed by atoms with Crippen LogP contribution in [0.4, 0.5) is 5.69 Å². The minimum Gasteiger partial charge on any atom is -0.400 e. The van der Waals surface area contributed by atoms with Gasteiger partial charge in [0.2, 0.25) is 0 Å². The third kappa shape index (κ3) is 6.06. The molecule has 0 bridgehead atoms. The van der Waals surface area contributed by atoms with E-state index in [1.807, 2.05) is 37.3 Å². The van der Waals surface area contributed by atoms with Crippen molar-refractivity contribution in [3.63, 3.8) is 0 Å². The van der Waals surface area contributed by atoms with Crippen LogP contribution in [0.15, 0.2) is 66.1 Å². The third-order valence-electron chi connectivity index (χ3n) is 5.55. The molecule has 0 fully saturated rings. The van der Waals surface area contributed by atoms with E-state index in [1.54, 1.807) is 11.8 Å². The number of fused-ring (bicyclic) bond motifs is 2. The van der Waals surface area contributed by atoms with E-state index in [2.05, 4.69) is 65.5 Å². The molecule has 0 aliphatic rings. The molecule has 0 amide bonds. The summed E-state index contributed by atoms with van der Waals surface area (Å²) in [5.41, 5.74) is 12.5. The lowest BCUT2D eigenvalue weighted by molar-refractivity contribution is -0.0394. The van der Waals surface area contributed by atoms with Gasteiger partial charge in [-0.25, -0.2) is 9.97 Å². The Balaban J connectivity index is 0.00000176. The summed E-state index contributed by atoms with van der Waals surface area (Å²) in [5.74, 6) is 0. The fourth-order valence-electron chi connectivity index (χ4n) is 4.23. The van der Waals surface area contributed by atoms with Crippen molar-refractivity contribution in [3.05, 3.63) is 72.4 Å². The van der Waals surface area contributed by atoms with Gasteiger partial charge in [-0.1, -0.05) is 44.2 Å². The normalized spacial score (nSPS) is 12.5. The van der Waals surface area contributed by atoms with Crippen LogP contribution in [0.3, 0.4) is 0 Å². The second kappa shape index (κ2) is 11.4. The highest BCUT2D eigenvalue weighted by molar-refractivity contribution is 8.00. The largest absolute Gasteiger partial charge is 0.400 e. The first-order valence-electron chi connectivity index (χ1n) is 12.1. The Hall–Kier alpha value is -2.93. The zero-order valence-corrected chi connectivity index (χ0v) is 23.1. The molecule has 1 atom stereocenters. The summed E-state index contributed by atoms with van der Waals surface area (Å²) in [4.78, 5) is 10.9. The fourth-order valence-corrected chi connectivity index (χ4v) is 5.14. The van der Waals surface area contributed by atoms with Gasteiger partial charge in [0.05, 0.1) is 11.1 Å². The molecular weight excluding hydrogens is 466 g/mol. The number of hydrogen-bond acceptors (Lipinski definition) is 6. The lowest BCUT2D eigenvalue weighted by Crippen LogP contribution is -2.23. The molecule has 2 heterocycles. The topological polar surface area (TPSA) is 81.3 Å². The van der Waals surface area contributed by atoms with Crippen molar-refractivity contribution in [1.82, 2.24) is 9.97 Å². The Labute approximate surface area is 218 Å². The number of aryl methyl sites for hydroxylation is 1. The average molecular weight is 504 g/mol. The first kappa shape index (κ1) is 27.7. The third-order valence-corrected chi connectivity index (χ3v) is 6.63. The SMILES string of the molecule is C=CC(OC(C)(C)C)c1c(C)nc2nc3ccccc3cc2c1-c1ccc(N)c(SC(C)C)c1.CO. The molecule has 4 aromatic rings. The van der Waals surface area contributed by atoms with Crippen LogP contribution < -0.4 is 5.73 Å². The molecule has 0 saturated heterocycles.